The largest absolute Gasteiger partial charge is 0.351 e. The Morgan fingerprint density at radius 2 is 1.52 bits per heavy atom. The highest BCUT2D eigenvalue weighted by Gasteiger charge is 2.06. The van der Waals surface area contributed by atoms with Crippen LogP contribution >= 0.6 is 0 Å². The SMILES string of the molecule is CC(Cc1ccccc1)NCC(=O)NCc1ccccc1. The molecule has 0 aliphatic carbocycles. The minimum absolute atomic E-state index is 0.0266. The fourth-order valence-electron chi connectivity index (χ4n) is 2.17. The van der Waals surface area contributed by atoms with E-state index in [1.54, 1.807) is 0 Å². The Morgan fingerprint density at radius 3 is 2.14 bits per heavy atom. The van der Waals surface area contributed by atoms with Gasteiger partial charge in [0.2, 0.25) is 5.91 Å². The lowest BCUT2D eigenvalue weighted by Gasteiger charge is -2.14. The Hall–Kier alpha value is -2.13. The fraction of sp³-hybridized carbons (Fsp3) is 0.278. The van der Waals surface area contributed by atoms with Gasteiger partial charge in [-0.3, -0.25) is 4.79 Å². The van der Waals surface area contributed by atoms with E-state index in [4.69, 9.17) is 0 Å². The van der Waals surface area contributed by atoms with E-state index in [-0.39, 0.29) is 11.9 Å². The fourth-order valence-corrected chi connectivity index (χ4v) is 2.17. The highest BCUT2D eigenvalue weighted by molar-refractivity contribution is 5.78. The molecule has 0 heterocycles. The molecule has 3 nitrogen and oxygen atoms in total. The first-order valence-electron chi connectivity index (χ1n) is 7.32. The third-order valence-corrected chi connectivity index (χ3v) is 3.33. The third kappa shape index (κ3) is 5.79. The summed E-state index contributed by atoms with van der Waals surface area (Å²) in [6.45, 7) is 3.02. The van der Waals surface area contributed by atoms with Crippen LogP contribution in [0.5, 0.6) is 0 Å². The van der Waals surface area contributed by atoms with Crippen LogP contribution in [0.25, 0.3) is 0 Å². The quantitative estimate of drug-likeness (QED) is 0.819. The van der Waals surface area contributed by atoms with Crippen molar-refractivity contribution in [3.05, 3.63) is 71.8 Å². The predicted molar refractivity (Wildman–Crippen MR) is 85.9 cm³/mol. The summed E-state index contributed by atoms with van der Waals surface area (Å²) >= 11 is 0. The molecule has 0 aromatic heterocycles. The molecule has 0 aliphatic rings. The Labute approximate surface area is 126 Å². The highest BCUT2D eigenvalue weighted by atomic mass is 16.1. The van der Waals surface area contributed by atoms with Gasteiger partial charge in [0.15, 0.2) is 0 Å². The number of nitrogens with one attached hydrogen (secondary N) is 2. The van der Waals surface area contributed by atoms with Crippen LogP contribution in [0.2, 0.25) is 0 Å². The predicted octanol–water partition coefficient (Wildman–Crippen LogP) is 2.52. The molecule has 1 amide bonds. The summed E-state index contributed by atoms with van der Waals surface area (Å²) < 4.78 is 0. The van der Waals surface area contributed by atoms with Crippen molar-refractivity contribution >= 4 is 5.91 Å². The number of hydrogen-bond acceptors (Lipinski definition) is 2. The lowest BCUT2D eigenvalue weighted by Crippen LogP contribution is -2.38. The molecule has 0 spiro atoms. The van der Waals surface area contributed by atoms with Crippen molar-refractivity contribution in [3.63, 3.8) is 0 Å². The topological polar surface area (TPSA) is 41.1 Å². The number of benzene rings is 2. The van der Waals surface area contributed by atoms with Crippen LogP contribution in [0.4, 0.5) is 0 Å². The number of hydrogen-bond donors (Lipinski definition) is 2. The first-order chi connectivity index (χ1) is 10.2. The Bertz CT molecular complexity index is 540. The van der Waals surface area contributed by atoms with Crippen LogP contribution in [0, 0.1) is 0 Å². The minimum atomic E-state index is 0.0266. The van der Waals surface area contributed by atoms with E-state index in [1.807, 2.05) is 48.5 Å². The van der Waals surface area contributed by atoms with E-state index in [9.17, 15) is 4.79 Å². The molecule has 3 heteroatoms. The molecular weight excluding hydrogens is 260 g/mol. The number of carbonyl (C=O) groups is 1. The van der Waals surface area contributed by atoms with Crippen LogP contribution in [-0.4, -0.2) is 18.5 Å². The monoisotopic (exact) mass is 282 g/mol. The maximum Gasteiger partial charge on any atom is 0.234 e. The van der Waals surface area contributed by atoms with Crippen molar-refractivity contribution in [2.24, 2.45) is 0 Å². The number of carbonyl (C=O) groups excluding carboxylic acids is 1. The summed E-state index contributed by atoms with van der Waals surface area (Å²) in [5.74, 6) is 0.0266. The molecule has 2 aromatic rings. The Kier molecular flexibility index (Phi) is 5.98. The zero-order valence-corrected chi connectivity index (χ0v) is 12.4. The second-order valence-corrected chi connectivity index (χ2v) is 5.23. The first kappa shape index (κ1) is 15.3. The second-order valence-electron chi connectivity index (χ2n) is 5.23. The summed E-state index contributed by atoms with van der Waals surface area (Å²) in [7, 11) is 0. The molecule has 0 saturated carbocycles. The minimum Gasteiger partial charge on any atom is -0.351 e. The Morgan fingerprint density at radius 1 is 0.952 bits per heavy atom. The van der Waals surface area contributed by atoms with E-state index < -0.39 is 0 Å². The molecule has 2 rings (SSSR count). The summed E-state index contributed by atoms with van der Waals surface area (Å²) in [4.78, 5) is 11.8. The van der Waals surface area contributed by atoms with Gasteiger partial charge in [-0.2, -0.15) is 0 Å². The smallest absolute Gasteiger partial charge is 0.234 e. The molecular formula is C18H22N2O. The lowest BCUT2D eigenvalue weighted by molar-refractivity contribution is -0.120. The zero-order chi connectivity index (χ0) is 14.9. The number of rotatable bonds is 7. The maximum atomic E-state index is 11.8. The van der Waals surface area contributed by atoms with Gasteiger partial charge in [0.1, 0.15) is 0 Å². The van der Waals surface area contributed by atoms with Crippen molar-refractivity contribution in [2.75, 3.05) is 6.54 Å². The molecule has 0 bridgehead atoms. The molecule has 1 unspecified atom stereocenters. The van der Waals surface area contributed by atoms with Gasteiger partial charge in [-0.25, -0.2) is 0 Å². The molecule has 0 aliphatic heterocycles. The molecule has 2 aromatic carbocycles. The molecule has 0 saturated heterocycles. The van der Waals surface area contributed by atoms with E-state index >= 15 is 0 Å². The molecule has 2 N–H and O–H groups in total. The first-order valence-corrected chi connectivity index (χ1v) is 7.32. The average Bonchev–Trinajstić information content (AvgIpc) is 2.53. The average molecular weight is 282 g/mol. The molecule has 110 valence electrons. The Balaban J connectivity index is 1.66. The standard InChI is InChI=1S/C18H22N2O/c1-15(12-16-8-4-2-5-9-16)19-14-18(21)20-13-17-10-6-3-7-11-17/h2-11,15,19H,12-14H2,1H3,(H,20,21). The summed E-state index contributed by atoms with van der Waals surface area (Å²) in [6, 6.07) is 20.5. The van der Waals surface area contributed by atoms with Crippen LogP contribution in [0.3, 0.4) is 0 Å². The lowest BCUT2D eigenvalue weighted by atomic mass is 10.1. The van der Waals surface area contributed by atoms with Crippen molar-refractivity contribution in [2.45, 2.75) is 25.9 Å². The van der Waals surface area contributed by atoms with Gasteiger partial charge < -0.3 is 10.6 Å². The van der Waals surface area contributed by atoms with Gasteiger partial charge in [0, 0.05) is 12.6 Å². The maximum absolute atomic E-state index is 11.8. The summed E-state index contributed by atoms with van der Waals surface area (Å²) in [5.41, 5.74) is 2.39. The van der Waals surface area contributed by atoms with Crippen LogP contribution in [0.1, 0.15) is 18.1 Å². The van der Waals surface area contributed by atoms with Crippen LogP contribution in [0.15, 0.2) is 60.7 Å². The van der Waals surface area contributed by atoms with Gasteiger partial charge in [0.05, 0.1) is 6.54 Å². The molecule has 21 heavy (non-hydrogen) atoms. The van der Waals surface area contributed by atoms with Crippen LogP contribution < -0.4 is 10.6 Å². The molecule has 0 radical (unpaired) electrons. The zero-order valence-electron chi connectivity index (χ0n) is 12.4. The van der Waals surface area contributed by atoms with Gasteiger partial charge in [-0.05, 0) is 24.5 Å². The summed E-state index contributed by atoms with van der Waals surface area (Å²) in [5, 5.41) is 6.17. The van der Waals surface area contributed by atoms with Crippen molar-refractivity contribution in [1.29, 1.82) is 0 Å². The highest BCUT2D eigenvalue weighted by Crippen LogP contribution is 2.02. The molecule has 1 atom stereocenters. The van der Waals surface area contributed by atoms with E-state index in [0.717, 1.165) is 12.0 Å². The van der Waals surface area contributed by atoms with E-state index in [0.29, 0.717) is 13.1 Å². The third-order valence-electron chi connectivity index (χ3n) is 3.33. The second kappa shape index (κ2) is 8.22. The van der Waals surface area contributed by atoms with Gasteiger partial charge in [-0.1, -0.05) is 60.7 Å². The van der Waals surface area contributed by atoms with Crippen molar-refractivity contribution < 1.29 is 4.79 Å². The van der Waals surface area contributed by atoms with Gasteiger partial charge >= 0.3 is 0 Å². The van der Waals surface area contributed by atoms with E-state index in [2.05, 4.69) is 29.7 Å². The van der Waals surface area contributed by atoms with Crippen molar-refractivity contribution in [1.82, 2.24) is 10.6 Å². The normalized spacial score (nSPS) is 11.9. The van der Waals surface area contributed by atoms with Gasteiger partial charge in [-0.15, -0.1) is 0 Å². The summed E-state index contributed by atoms with van der Waals surface area (Å²) in [6.07, 6.45) is 0.923. The molecule has 0 fully saturated rings. The van der Waals surface area contributed by atoms with Crippen molar-refractivity contribution in [3.8, 4) is 0 Å². The number of amides is 1. The van der Waals surface area contributed by atoms with Gasteiger partial charge in [0.25, 0.3) is 0 Å². The van der Waals surface area contributed by atoms with Crippen LogP contribution in [-0.2, 0) is 17.8 Å². The van der Waals surface area contributed by atoms with E-state index in [1.165, 1.54) is 5.56 Å².